The van der Waals surface area contributed by atoms with Gasteiger partial charge < -0.3 is 9.84 Å². The van der Waals surface area contributed by atoms with E-state index in [2.05, 4.69) is 16.7 Å². The molecule has 6 heteroatoms. The van der Waals surface area contributed by atoms with Crippen LogP contribution in [0, 0.1) is 29.4 Å². The fourth-order valence-corrected chi connectivity index (χ4v) is 3.25. The molecule has 2 aromatic rings. The number of fused-ring (bicyclic) bond motifs is 1. The van der Waals surface area contributed by atoms with Gasteiger partial charge in [0.2, 0.25) is 0 Å². The van der Waals surface area contributed by atoms with Gasteiger partial charge in [-0.05, 0) is 35.9 Å². The molecule has 1 fully saturated rings. The van der Waals surface area contributed by atoms with Crippen LogP contribution >= 0.6 is 0 Å². The van der Waals surface area contributed by atoms with Gasteiger partial charge in [0, 0.05) is 36.8 Å². The molecule has 0 radical (unpaired) electrons. The van der Waals surface area contributed by atoms with Gasteiger partial charge in [-0.1, -0.05) is 17.9 Å². The number of carbonyl (C=O) groups is 1. The number of benzene rings is 2. The van der Waals surface area contributed by atoms with Crippen LogP contribution in [-0.4, -0.2) is 42.2 Å². The van der Waals surface area contributed by atoms with Gasteiger partial charge in [-0.3, -0.25) is 9.69 Å². The Morgan fingerprint density at radius 1 is 1.18 bits per heavy atom. The lowest BCUT2D eigenvalue weighted by Crippen LogP contribution is -2.51. The Bertz CT molecular complexity index is 1030. The van der Waals surface area contributed by atoms with Crippen LogP contribution in [0.25, 0.3) is 6.08 Å². The summed E-state index contributed by atoms with van der Waals surface area (Å²) >= 11 is 0. The van der Waals surface area contributed by atoms with Crippen molar-refractivity contribution < 1.29 is 23.4 Å². The van der Waals surface area contributed by atoms with E-state index in [4.69, 9.17) is 9.84 Å². The fraction of sp³-hybridized carbons (Fsp3) is 0.227. The first-order valence-corrected chi connectivity index (χ1v) is 8.86. The normalized spacial score (nSPS) is 16.1. The third-order valence-electron chi connectivity index (χ3n) is 4.79. The highest BCUT2D eigenvalue weighted by atomic mass is 19.1. The predicted octanol–water partition coefficient (Wildman–Crippen LogP) is 3.16. The molecule has 0 bridgehead atoms. The van der Waals surface area contributed by atoms with Crippen molar-refractivity contribution in [3.05, 3.63) is 70.3 Å². The van der Waals surface area contributed by atoms with Crippen molar-refractivity contribution in [1.82, 2.24) is 4.90 Å². The van der Waals surface area contributed by atoms with Gasteiger partial charge in [-0.15, -0.1) is 0 Å². The van der Waals surface area contributed by atoms with Gasteiger partial charge in [0.15, 0.2) is 0 Å². The van der Waals surface area contributed by atoms with Crippen molar-refractivity contribution in [2.24, 2.45) is 5.92 Å². The lowest BCUT2D eigenvalue weighted by molar-refractivity contribution is -0.147. The summed E-state index contributed by atoms with van der Waals surface area (Å²) in [6, 6.07) is 8.79. The summed E-state index contributed by atoms with van der Waals surface area (Å²) in [4.78, 5) is 13.0. The van der Waals surface area contributed by atoms with Crippen molar-refractivity contribution in [3.8, 4) is 17.6 Å². The summed E-state index contributed by atoms with van der Waals surface area (Å²) in [7, 11) is 0. The number of aliphatic carboxylic acids is 1. The minimum absolute atomic E-state index is 0.136. The van der Waals surface area contributed by atoms with E-state index in [1.54, 1.807) is 6.07 Å². The minimum Gasteiger partial charge on any atom is -0.489 e. The number of carboxylic acids is 1. The van der Waals surface area contributed by atoms with Gasteiger partial charge in [-0.2, -0.15) is 0 Å². The zero-order valence-corrected chi connectivity index (χ0v) is 14.9. The third kappa shape index (κ3) is 3.90. The van der Waals surface area contributed by atoms with Gasteiger partial charge in [0.25, 0.3) is 0 Å². The molecule has 0 spiro atoms. The second kappa shape index (κ2) is 7.45. The number of nitrogens with zero attached hydrogens (tertiary/aromatic N) is 1. The van der Waals surface area contributed by atoms with E-state index in [1.807, 2.05) is 18.2 Å². The summed E-state index contributed by atoms with van der Waals surface area (Å²) in [5.74, 6) is 3.93. The molecule has 0 aromatic heterocycles. The minimum atomic E-state index is -0.746. The van der Waals surface area contributed by atoms with E-state index in [-0.39, 0.29) is 11.5 Å². The van der Waals surface area contributed by atoms with Crippen LogP contribution in [0.2, 0.25) is 0 Å². The van der Waals surface area contributed by atoms with E-state index in [1.165, 1.54) is 12.1 Å². The van der Waals surface area contributed by atoms with E-state index >= 15 is 0 Å². The van der Waals surface area contributed by atoms with Crippen molar-refractivity contribution >= 4 is 12.0 Å². The Morgan fingerprint density at radius 3 is 2.75 bits per heavy atom. The predicted molar refractivity (Wildman–Crippen MR) is 99.8 cm³/mol. The molecule has 0 saturated carbocycles. The Labute approximate surface area is 161 Å². The van der Waals surface area contributed by atoms with Crippen LogP contribution in [0.4, 0.5) is 8.78 Å². The largest absolute Gasteiger partial charge is 0.489 e. The highest BCUT2D eigenvalue weighted by Crippen LogP contribution is 2.28. The molecule has 4 rings (SSSR count). The second-order valence-corrected chi connectivity index (χ2v) is 6.95. The summed E-state index contributed by atoms with van der Waals surface area (Å²) in [5.41, 5.74) is 2.82. The number of rotatable bonds is 3. The Balaban J connectivity index is 1.45. The lowest BCUT2D eigenvalue weighted by Gasteiger charge is -2.37. The fourth-order valence-electron chi connectivity index (χ4n) is 3.25. The number of hydrogen-bond acceptors (Lipinski definition) is 3. The average Bonchev–Trinajstić information content (AvgIpc) is 2.63. The maximum absolute atomic E-state index is 13.7. The number of likely N-dealkylation sites (tertiary alicyclic amines) is 1. The van der Waals surface area contributed by atoms with Crippen LogP contribution in [0.15, 0.2) is 42.0 Å². The first kappa shape index (κ1) is 18.2. The maximum Gasteiger partial charge on any atom is 0.309 e. The van der Waals surface area contributed by atoms with Crippen LogP contribution in [0.3, 0.4) is 0 Å². The summed E-state index contributed by atoms with van der Waals surface area (Å²) < 4.78 is 32.4. The van der Waals surface area contributed by atoms with E-state index in [0.29, 0.717) is 37.6 Å². The number of halogens is 2. The quantitative estimate of drug-likeness (QED) is 0.830. The molecule has 2 aliphatic heterocycles. The Kier molecular flexibility index (Phi) is 4.84. The van der Waals surface area contributed by atoms with E-state index in [0.717, 1.165) is 17.2 Å². The third-order valence-corrected chi connectivity index (χ3v) is 4.79. The molecule has 4 nitrogen and oxygen atoms in total. The molecular formula is C22H17F2NO3. The Morgan fingerprint density at radius 2 is 2.00 bits per heavy atom. The molecule has 0 amide bonds. The molecule has 2 aliphatic rings. The van der Waals surface area contributed by atoms with Crippen LogP contribution in [0.1, 0.15) is 16.7 Å². The van der Waals surface area contributed by atoms with Gasteiger partial charge >= 0.3 is 5.97 Å². The first-order valence-electron chi connectivity index (χ1n) is 8.86. The van der Waals surface area contributed by atoms with Gasteiger partial charge in [0.05, 0.1) is 11.5 Å². The van der Waals surface area contributed by atoms with Crippen molar-refractivity contribution in [3.63, 3.8) is 0 Å². The van der Waals surface area contributed by atoms with Crippen LogP contribution in [0.5, 0.6) is 5.75 Å². The van der Waals surface area contributed by atoms with Crippen LogP contribution in [-0.2, 0) is 4.79 Å². The molecule has 142 valence electrons. The molecule has 0 aliphatic carbocycles. The first-order chi connectivity index (χ1) is 13.5. The summed E-state index contributed by atoms with van der Waals surface area (Å²) in [6.07, 6.45) is 2.05. The molecule has 0 atom stereocenters. The molecule has 0 unspecified atom stereocenters. The van der Waals surface area contributed by atoms with Crippen molar-refractivity contribution in [2.45, 2.75) is 0 Å². The summed E-state index contributed by atoms with van der Waals surface area (Å²) in [6.45, 7) is 2.25. The van der Waals surface area contributed by atoms with Crippen LogP contribution < -0.4 is 4.74 Å². The maximum atomic E-state index is 13.7. The highest BCUT2D eigenvalue weighted by Gasteiger charge is 2.32. The zero-order chi connectivity index (χ0) is 19.7. The molecule has 2 aromatic carbocycles. The number of ether oxygens (including phenoxy) is 1. The molecule has 2 heterocycles. The lowest BCUT2D eigenvalue weighted by atomic mass is 9.98. The van der Waals surface area contributed by atoms with E-state index < -0.39 is 17.6 Å². The molecule has 28 heavy (non-hydrogen) atoms. The molecule has 1 N–H and O–H groups in total. The SMILES string of the molecule is O=C(O)C1CN(CC2=Cc3ccc(C#Cc4ccc(F)cc4F)cc3OC2)C1. The van der Waals surface area contributed by atoms with E-state index in [9.17, 15) is 13.6 Å². The van der Waals surface area contributed by atoms with Gasteiger partial charge in [-0.25, -0.2) is 8.78 Å². The van der Waals surface area contributed by atoms with Crippen molar-refractivity contribution in [1.29, 1.82) is 0 Å². The average molecular weight is 381 g/mol. The molecule has 1 saturated heterocycles. The Hall–Kier alpha value is -3.17. The monoisotopic (exact) mass is 381 g/mol. The zero-order valence-electron chi connectivity index (χ0n) is 14.9. The standard InChI is InChI=1S/C22H17F2NO3/c23-19-6-5-16(20(24)9-19)3-1-14-2-4-17-7-15(13-28-21(17)8-14)10-25-11-18(12-25)22(26)27/h2,4-9,18H,10-13H2,(H,26,27). The summed E-state index contributed by atoms with van der Waals surface area (Å²) in [5, 5.41) is 8.94. The van der Waals surface area contributed by atoms with Crippen molar-refractivity contribution in [2.75, 3.05) is 26.2 Å². The molecular weight excluding hydrogens is 364 g/mol. The smallest absolute Gasteiger partial charge is 0.309 e. The highest BCUT2D eigenvalue weighted by molar-refractivity contribution is 5.71. The topological polar surface area (TPSA) is 49.8 Å². The van der Waals surface area contributed by atoms with Gasteiger partial charge in [0.1, 0.15) is 24.0 Å². The number of carboxylic acid groups (broad SMARTS) is 1. The number of hydrogen-bond donors (Lipinski definition) is 1. The second-order valence-electron chi connectivity index (χ2n) is 6.95.